The number of aromatic carboxylic acids is 1. The third-order valence-corrected chi connectivity index (χ3v) is 2.74. The van der Waals surface area contributed by atoms with Crippen molar-refractivity contribution in [3.63, 3.8) is 0 Å². The summed E-state index contributed by atoms with van der Waals surface area (Å²) in [6, 6.07) is 5.88. The molecule has 0 aliphatic heterocycles. The van der Waals surface area contributed by atoms with E-state index in [1.807, 2.05) is 0 Å². The lowest BCUT2D eigenvalue weighted by molar-refractivity contribution is 0.0691. The zero-order valence-electron chi connectivity index (χ0n) is 10.4. The average Bonchev–Trinajstić information content (AvgIpc) is 2.43. The first kappa shape index (κ1) is 14.7. The van der Waals surface area contributed by atoms with Gasteiger partial charge >= 0.3 is 12.0 Å². The van der Waals surface area contributed by atoms with Gasteiger partial charge in [-0.3, -0.25) is 0 Å². The Kier molecular flexibility index (Phi) is 4.34. The normalized spacial score (nSPS) is 10.0. The predicted molar refractivity (Wildman–Crippen MR) is 75.2 cm³/mol. The zero-order valence-corrected chi connectivity index (χ0v) is 11.2. The van der Waals surface area contributed by atoms with E-state index in [9.17, 15) is 14.0 Å². The largest absolute Gasteiger partial charge is 0.476 e. The number of carbonyl (C=O) groups is 2. The minimum absolute atomic E-state index is 0.0249. The molecule has 0 saturated heterocycles. The fourth-order valence-corrected chi connectivity index (χ4v) is 1.65. The second-order valence-corrected chi connectivity index (χ2v) is 4.32. The number of nitrogens with one attached hydrogen (secondary N) is 2. The summed E-state index contributed by atoms with van der Waals surface area (Å²) in [6.07, 6.45) is 1.29. The lowest BCUT2D eigenvalue weighted by atomic mass is 10.3. The van der Waals surface area contributed by atoms with Crippen molar-refractivity contribution in [3.05, 3.63) is 53.1 Å². The molecule has 0 bridgehead atoms. The number of carbonyl (C=O) groups excluding carboxylic acids is 1. The van der Waals surface area contributed by atoms with Crippen LogP contribution < -0.4 is 10.6 Å². The van der Waals surface area contributed by atoms with Crippen LogP contribution in [-0.2, 0) is 0 Å². The van der Waals surface area contributed by atoms with E-state index in [1.165, 1.54) is 30.5 Å². The third kappa shape index (κ3) is 3.67. The van der Waals surface area contributed by atoms with Crippen LogP contribution in [0.15, 0.2) is 36.5 Å². The number of halogens is 2. The highest BCUT2D eigenvalue weighted by molar-refractivity contribution is 6.30. The molecule has 0 radical (unpaired) electrons. The van der Waals surface area contributed by atoms with Crippen molar-refractivity contribution in [1.82, 2.24) is 4.98 Å². The van der Waals surface area contributed by atoms with Gasteiger partial charge in [0.1, 0.15) is 5.82 Å². The van der Waals surface area contributed by atoms with Crippen LogP contribution in [0.4, 0.5) is 20.6 Å². The molecule has 2 aromatic rings. The van der Waals surface area contributed by atoms with Gasteiger partial charge in [0.2, 0.25) is 0 Å². The van der Waals surface area contributed by atoms with Crippen molar-refractivity contribution in [2.45, 2.75) is 0 Å². The van der Waals surface area contributed by atoms with Crippen LogP contribution in [-0.4, -0.2) is 22.1 Å². The van der Waals surface area contributed by atoms with Crippen LogP contribution in [0.2, 0.25) is 5.02 Å². The van der Waals surface area contributed by atoms with Gasteiger partial charge in [-0.1, -0.05) is 11.6 Å². The molecule has 1 aromatic carbocycles. The first-order valence-electron chi connectivity index (χ1n) is 5.69. The van der Waals surface area contributed by atoms with Crippen molar-refractivity contribution < 1.29 is 19.1 Å². The third-order valence-electron chi connectivity index (χ3n) is 2.44. The van der Waals surface area contributed by atoms with Gasteiger partial charge in [-0.05, 0) is 30.3 Å². The van der Waals surface area contributed by atoms with Gasteiger partial charge < -0.3 is 15.7 Å². The average molecular weight is 310 g/mol. The van der Waals surface area contributed by atoms with Crippen LogP contribution in [0.25, 0.3) is 0 Å². The quantitative estimate of drug-likeness (QED) is 0.812. The monoisotopic (exact) mass is 309 g/mol. The molecule has 1 aromatic heterocycles. The summed E-state index contributed by atoms with van der Waals surface area (Å²) in [5.41, 5.74) is -0.0953. The molecule has 0 atom stereocenters. The Morgan fingerprint density at radius 2 is 2.00 bits per heavy atom. The molecule has 0 fully saturated rings. The number of amides is 2. The molecule has 6 nitrogen and oxygen atoms in total. The Labute approximate surface area is 123 Å². The first-order valence-corrected chi connectivity index (χ1v) is 6.06. The molecule has 0 saturated carbocycles. The summed E-state index contributed by atoms with van der Waals surface area (Å²) in [5, 5.41) is 13.5. The van der Waals surface area contributed by atoms with E-state index < -0.39 is 17.8 Å². The minimum Gasteiger partial charge on any atom is -0.476 e. The number of hydrogen-bond acceptors (Lipinski definition) is 3. The molecular formula is C13H9ClFN3O3. The van der Waals surface area contributed by atoms with E-state index in [0.717, 1.165) is 6.07 Å². The highest BCUT2D eigenvalue weighted by Gasteiger charge is 2.13. The lowest BCUT2D eigenvalue weighted by Crippen LogP contribution is -2.21. The van der Waals surface area contributed by atoms with Crippen molar-refractivity contribution in [3.8, 4) is 0 Å². The summed E-state index contributed by atoms with van der Waals surface area (Å²) in [4.78, 5) is 26.3. The Bertz CT molecular complexity index is 709. The Balaban J connectivity index is 2.12. The number of pyridine rings is 1. The number of urea groups is 1. The molecule has 0 unspecified atom stereocenters. The van der Waals surface area contributed by atoms with Crippen molar-refractivity contribution in [2.24, 2.45) is 0 Å². The zero-order chi connectivity index (χ0) is 15.4. The summed E-state index contributed by atoms with van der Waals surface area (Å²) in [6.45, 7) is 0. The van der Waals surface area contributed by atoms with E-state index in [-0.39, 0.29) is 22.1 Å². The van der Waals surface area contributed by atoms with E-state index in [2.05, 4.69) is 15.6 Å². The second-order valence-electron chi connectivity index (χ2n) is 3.91. The molecule has 21 heavy (non-hydrogen) atoms. The molecule has 0 aliphatic rings. The van der Waals surface area contributed by atoms with Crippen LogP contribution in [0.5, 0.6) is 0 Å². The molecule has 1 heterocycles. The molecule has 8 heteroatoms. The fourth-order valence-electron chi connectivity index (χ4n) is 1.54. The Morgan fingerprint density at radius 1 is 1.24 bits per heavy atom. The van der Waals surface area contributed by atoms with Gasteiger partial charge in [-0.2, -0.15) is 0 Å². The lowest BCUT2D eigenvalue weighted by Gasteiger charge is -2.09. The maximum absolute atomic E-state index is 13.2. The predicted octanol–water partition coefficient (Wildman–Crippen LogP) is 3.22. The molecule has 2 amide bonds. The molecular weight excluding hydrogens is 301 g/mol. The van der Waals surface area contributed by atoms with Crippen LogP contribution in [0, 0.1) is 5.82 Å². The van der Waals surface area contributed by atoms with Gasteiger partial charge in [-0.15, -0.1) is 0 Å². The standard InChI is InChI=1S/C13H9ClFN3O3/c14-8-4-3-7(6-9(8)15)17-13(21)18-10-2-1-5-16-11(10)12(19)20/h1-6H,(H,19,20)(H2,17,18,21). The SMILES string of the molecule is O=C(Nc1ccc(Cl)c(F)c1)Nc1cccnc1C(=O)O. The summed E-state index contributed by atoms with van der Waals surface area (Å²) >= 11 is 5.53. The number of carboxylic acids is 1. The Morgan fingerprint density at radius 3 is 2.67 bits per heavy atom. The van der Waals surface area contributed by atoms with Crippen molar-refractivity contribution in [1.29, 1.82) is 0 Å². The Hall–Kier alpha value is -2.67. The summed E-state index contributed by atoms with van der Waals surface area (Å²) in [5.74, 6) is -1.95. The van der Waals surface area contributed by atoms with E-state index in [0.29, 0.717) is 0 Å². The maximum Gasteiger partial charge on any atom is 0.356 e. The second kappa shape index (κ2) is 6.19. The number of aromatic nitrogens is 1. The van der Waals surface area contributed by atoms with Crippen molar-refractivity contribution in [2.75, 3.05) is 10.6 Å². The minimum atomic E-state index is -1.27. The van der Waals surface area contributed by atoms with Gasteiger partial charge in [0.15, 0.2) is 5.69 Å². The number of nitrogens with zero attached hydrogens (tertiary/aromatic N) is 1. The van der Waals surface area contributed by atoms with Crippen LogP contribution in [0.1, 0.15) is 10.5 Å². The molecule has 108 valence electrons. The molecule has 3 N–H and O–H groups in total. The topological polar surface area (TPSA) is 91.3 Å². The smallest absolute Gasteiger partial charge is 0.356 e. The molecule has 0 aliphatic carbocycles. The van der Waals surface area contributed by atoms with E-state index >= 15 is 0 Å². The highest BCUT2D eigenvalue weighted by atomic mass is 35.5. The number of hydrogen-bond donors (Lipinski definition) is 3. The van der Waals surface area contributed by atoms with E-state index in [1.54, 1.807) is 0 Å². The first-order chi connectivity index (χ1) is 9.97. The van der Waals surface area contributed by atoms with Gasteiger partial charge in [0.05, 0.1) is 10.7 Å². The molecule has 0 spiro atoms. The van der Waals surface area contributed by atoms with Crippen molar-refractivity contribution >= 4 is 35.0 Å². The fraction of sp³-hybridized carbons (Fsp3) is 0. The van der Waals surface area contributed by atoms with Gasteiger partial charge in [-0.25, -0.2) is 19.0 Å². The number of benzene rings is 1. The number of carboxylic acid groups (broad SMARTS) is 1. The maximum atomic E-state index is 13.2. The summed E-state index contributed by atoms with van der Waals surface area (Å²) < 4.78 is 13.2. The molecule has 2 rings (SSSR count). The summed E-state index contributed by atoms with van der Waals surface area (Å²) in [7, 11) is 0. The van der Waals surface area contributed by atoms with E-state index in [4.69, 9.17) is 16.7 Å². The number of anilines is 2. The number of rotatable bonds is 3. The van der Waals surface area contributed by atoms with Crippen LogP contribution in [0.3, 0.4) is 0 Å². The van der Waals surface area contributed by atoms with Crippen LogP contribution >= 0.6 is 11.6 Å². The highest BCUT2D eigenvalue weighted by Crippen LogP contribution is 2.19. The van der Waals surface area contributed by atoms with Gasteiger partial charge in [0, 0.05) is 11.9 Å². The van der Waals surface area contributed by atoms with Gasteiger partial charge in [0.25, 0.3) is 0 Å².